The fourth-order valence-electron chi connectivity index (χ4n) is 1.81. The second kappa shape index (κ2) is 6.41. The van der Waals surface area contributed by atoms with Crippen molar-refractivity contribution in [2.45, 2.75) is 32.9 Å². The Bertz CT molecular complexity index is 457. The molecule has 0 spiro atoms. The van der Waals surface area contributed by atoms with Crippen LogP contribution in [0.1, 0.15) is 37.9 Å². The van der Waals surface area contributed by atoms with Crippen molar-refractivity contribution < 1.29 is 13.2 Å². The first kappa shape index (κ1) is 15.3. The maximum atomic E-state index is 12.8. The Balaban J connectivity index is 3.20. The molecule has 0 unspecified atom stereocenters. The van der Waals surface area contributed by atoms with E-state index >= 15 is 0 Å². The average Bonchev–Trinajstić information content (AvgIpc) is 2.37. The zero-order valence-electron chi connectivity index (χ0n) is 11.0. The van der Waals surface area contributed by atoms with E-state index in [1.54, 1.807) is 4.90 Å². The highest BCUT2D eigenvalue weighted by Crippen LogP contribution is 2.31. The number of hydrogen-bond donors (Lipinski definition) is 0. The van der Waals surface area contributed by atoms with E-state index in [2.05, 4.69) is 4.98 Å². The smallest absolute Gasteiger partial charge is 0.357 e. The number of nitriles is 1. The summed E-state index contributed by atoms with van der Waals surface area (Å²) in [6.07, 6.45) is -2.96. The minimum Gasteiger partial charge on any atom is -0.357 e. The third kappa shape index (κ3) is 3.85. The van der Waals surface area contributed by atoms with E-state index in [1.165, 1.54) is 18.2 Å². The summed E-state index contributed by atoms with van der Waals surface area (Å²) in [6, 6.07) is 4.19. The summed E-state index contributed by atoms with van der Waals surface area (Å²) in [5.74, 6) is 0.273. The van der Waals surface area contributed by atoms with Gasteiger partial charge in [-0.05, 0) is 25.0 Å². The second-order valence-electron chi connectivity index (χ2n) is 4.16. The Morgan fingerprint density at radius 2 is 1.79 bits per heavy atom. The molecule has 6 heteroatoms. The van der Waals surface area contributed by atoms with Crippen LogP contribution in [-0.2, 0) is 6.18 Å². The van der Waals surface area contributed by atoms with Gasteiger partial charge in [0.25, 0.3) is 0 Å². The predicted octanol–water partition coefficient (Wildman–Crippen LogP) is 3.60. The monoisotopic (exact) mass is 271 g/mol. The van der Waals surface area contributed by atoms with Gasteiger partial charge < -0.3 is 4.90 Å². The molecule has 1 heterocycles. The van der Waals surface area contributed by atoms with Crippen LogP contribution in [0, 0.1) is 11.3 Å². The summed E-state index contributed by atoms with van der Waals surface area (Å²) in [4.78, 5) is 5.43. The van der Waals surface area contributed by atoms with Crippen LogP contribution in [0.5, 0.6) is 0 Å². The van der Waals surface area contributed by atoms with Crippen molar-refractivity contribution >= 4 is 5.82 Å². The third-order valence-electron chi connectivity index (χ3n) is 2.58. The summed E-state index contributed by atoms with van der Waals surface area (Å²) < 4.78 is 38.5. The summed E-state index contributed by atoms with van der Waals surface area (Å²) in [5, 5.41) is 8.71. The molecule has 3 nitrogen and oxygen atoms in total. The van der Waals surface area contributed by atoms with E-state index in [0.717, 1.165) is 12.8 Å². The first-order chi connectivity index (χ1) is 8.93. The molecule has 0 aliphatic carbocycles. The van der Waals surface area contributed by atoms with Gasteiger partial charge in [-0.3, -0.25) is 0 Å². The molecule has 1 rings (SSSR count). The minimum atomic E-state index is -4.61. The van der Waals surface area contributed by atoms with Crippen molar-refractivity contribution in [1.82, 2.24) is 4.98 Å². The molecule has 0 aromatic carbocycles. The molecule has 104 valence electrons. The van der Waals surface area contributed by atoms with Gasteiger partial charge in [0.05, 0.1) is 5.56 Å². The van der Waals surface area contributed by atoms with Crippen molar-refractivity contribution in [3.63, 3.8) is 0 Å². The van der Waals surface area contributed by atoms with Crippen LogP contribution in [0.25, 0.3) is 0 Å². The molecule has 0 bridgehead atoms. The molecular formula is C13H16F3N3. The lowest BCUT2D eigenvalue weighted by Gasteiger charge is -2.23. The van der Waals surface area contributed by atoms with Crippen LogP contribution in [0.15, 0.2) is 12.1 Å². The number of alkyl halides is 3. The van der Waals surface area contributed by atoms with Crippen LogP contribution in [0.4, 0.5) is 19.0 Å². The molecular weight excluding hydrogens is 255 g/mol. The molecule has 0 saturated carbocycles. The van der Waals surface area contributed by atoms with Crippen molar-refractivity contribution in [2.24, 2.45) is 0 Å². The number of pyridine rings is 1. The zero-order chi connectivity index (χ0) is 14.5. The van der Waals surface area contributed by atoms with Gasteiger partial charge in [0.15, 0.2) is 5.69 Å². The maximum absolute atomic E-state index is 12.8. The highest BCUT2D eigenvalue weighted by molar-refractivity contribution is 5.46. The highest BCUT2D eigenvalue weighted by atomic mass is 19.4. The topological polar surface area (TPSA) is 39.9 Å². The predicted molar refractivity (Wildman–Crippen MR) is 66.7 cm³/mol. The Hall–Kier alpha value is -1.77. The van der Waals surface area contributed by atoms with Crippen molar-refractivity contribution in [3.05, 3.63) is 23.4 Å². The van der Waals surface area contributed by atoms with Crippen LogP contribution >= 0.6 is 0 Å². The Morgan fingerprint density at radius 3 is 2.21 bits per heavy atom. The van der Waals surface area contributed by atoms with Gasteiger partial charge in [-0.2, -0.15) is 18.4 Å². The lowest BCUT2D eigenvalue weighted by atomic mass is 10.2. The van der Waals surface area contributed by atoms with Gasteiger partial charge in [-0.15, -0.1) is 0 Å². The zero-order valence-corrected chi connectivity index (χ0v) is 11.0. The van der Waals surface area contributed by atoms with Gasteiger partial charge in [0, 0.05) is 13.1 Å². The molecule has 19 heavy (non-hydrogen) atoms. The third-order valence-corrected chi connectivity index (χ3v) is 2.58. The van der Waals surface area contributed by atoms with Gasteiger partial charge in [0.2, 0.25) is 0 Å². The van der Waals surface area contributed by atoms with Crippen LogP contribution in [0.3, 0.4) is 0 Å². The second-order valence-corrected chi connectivity index (χ2v) is 4.16. The quantitative estimate of drug-likeness (QED) is 0.821. The normalized spacial score (nSPS) is 11.2. The lowest BCUT2D eigenvalue weighted by Crippen LogP contribution is -2.27. The van der Waals surface area contributed by atoms with Crippen molar-refractivity contribution in [3.8, 4) is 6.07 Å². The van der Waals surface area contributed by atoms with E-state index in [1.807, 2.05) is 13.8 Å². The molecule has 0 N–H and O–H groups in total. The van der Waals surface area contributed by atoms with Crippen molar-refractivity contribution in [2.75, 3.05) is 18.0 Å². The molecule has 0 radical (unpaired) electrons. The van der Waals surface area contributed by atoms with E-state index < -0.39 is 17.4 Å². The minimum absolute atomic E-state index is 0.273. The molecule has 0 atom stereocenters. The molecule has 1 aromatic rings. The van der Waals surface area contributed by atoms with Gasteiger partial charge in [0.1, 0.15) is 11.9 Å². The largest absolute Gasteiger partial charge is 0.434 e. The molecule has 0 aliphatic heterocycles. The van der Waals surface area contributed by atoms with Crippen LogP contribution in [0.2, 0.25) is 0 Å². The first-order valence-corrected chi connectivity index (χ1v) is 6.17. The molecule has 0 amide bonds. The van der Waals surface area contributed by atoms with Crippen LogP contribution < -0.4 is 4.90 Å². The Kier molecular flexibility index (Phi) is 5.16. The number of anilines is 1. The van der Waals surface area contributed by atoms with E-state index in [-0.39, 0.29) is 5.82 Å². The number of rotatable bonds is 5. The standard InChI is InChI=1S/C13H16F3N3/c1-3-7-19(8-4-2)11-6-5-10(9-17)12(18-11)13(14,15)16/h5-6H,3-4,7-8H2,1-2H3. The van der Waals surface area contributed by atoms with Crippen molar-refractivity contribution in [1.29, 1.82) is 5.26 Å². The highest BCUT2D eigenvalue weighted by Gasteiger charge is 2.36. The fraction of sp³-hybridized carbons (Fsp3) is 0.538. The number of hydrogen-bond acceptors (Lipinski definition) is 3. The Labute approximate surface area is 110 Å². The summed E-state index contributed by atoms with van der Waals surface area (Å²) in [7, 11) is 0. The molecule has 0 saturated heterocycles. The average molecular weight is 271 g/mol. The summed E-state index contributed by atoms with van der Waals surface area (Å²) in [6.45, 7) is 5.20. The van der Waals surface area contributed by atoms with Gasteiger partial charge in [-0.25, -0.2) is 4.98 Å². The lowest BCUT2D eigenvalue weighted by molar-refractivity contribution is -0.141. The molecule has 0 fully saturated rings. The maximum Gasteiger partial charge on any atom is 0.434 e. The van der Waals surface area contributed by atoms with E-state index in [0.29, 0.717) is 13.1 Å². The van der Waals surface area contributed by atoms with E-state index in [4.69, 9.17) is 5.26 Å². The number of aromatic nitrogens is 1. The summed E-state index contributed by atoms with van der Waals surface area (Å²) in [5.41, 5.74) is -1.55. The molecule has 0 aliphatic rings. The first-order valence-electron chi connectivity index (χ1n) is 6.17. The SMILES string of the molecule is CCCN(CCC)c1ccc(C#N)c(C(F)(F)F)n1. The van der Waals surface area contributed by atoms with Crippen LogP contribution in [-0.4, -0.2) is 18.1 Å². The summed E-state index contributed by atoms with van der Waals surface area (Å²) >= 11 is 0. The van der Waals surface area contributed by atoms with Gasteiger partial charge in [-0.1, -0.05) is 13.8 Å². The van der Waals surface area contributed by atoms with E-state index in [9.17, 15) is 13.2 Å². The fourth-order valence-corrected chi connectivity index (χ4v) is 1.81. The van der Waals surface area contributed by atoms with Gasteiger partial charge >= 0.3 is 6.18 Å². The molecule has 1 aromatic heterocycles. The Morgan fingerprint density at radius 1 is 1.21 bits per heavy atom. The number of nitrogens with zero attached hydrogens (tertiary/aromatic N) is 3. The number of halogens is 3.